The monoisotopic (exact) mass is 474 g/mol. The molecule has 9 heteroatoms. The summed E-state index contributed by atoms with van der Waals surface area (Å²) in [5, 5.41) is 19.4. The Labute approximate surface area is 205 Å². The standard InChI is InChI=1S/C26H30N6O3/c1-3-24(34)32-13-12-30(16-19(32)8-10-27)25-21-7-5-18(14-22(21)28-26(29-25)35-2)31-11-9-17-4-6-20(33)15-23(17)31/h3-4,6,15,18-19,33H,1,5,7-9,11-14,16H2,2H3/t18-,19+/m1/s1. The first-order chi connectivity index (χ1) is 17.0. The van der Waals surface area contributed by atoms with Gasteiger partial charge < -0.3 is 24.5 Å². The molecule has 35 heavy (non-hydrogen) atoms. The number of rotatable bonds is 5. The lowest BCUT2D eigenvalue weighted by molar-refractivity contribution is -0.128. The number of aromatic nitrogens is 2. The summed E-state index contributed by atoms with van der Waals surface area (Å²) in [6.07, 6.45) is 5.11. The van der Waals surface area contributed by atoms with Crippen LogP contribution in [0.4, 0.5) is 11.5 Å². The van der Waals surface area contributed by atoms with Crippen molar-refractivity contribution in [1.82, 2.24) is 14.9 Å². The summed E-state index contributed by atoms with van der Waals surface area (Å²) < 4.78 is 5.47. The molecule has 1 saturated heterocycles. The predicted octanol–water partition coefficient (Wildman–Crippen LogP) is 2.23. The Balaban J connectivity index is 1.42. The smallest absolute Gasteiger partial charge is 0.318 e. The van der Waals surface area contributed by atoms with Gasteiger partial charge in [-0.1, -0.05) is 12.6 Å². The van der Waals surface area contributed by atoms with Crippen LogP contribution < -0.4 is 14.5 Å². The Kier molecular flexibility index (Phi) is 6.20. The fourth-order valence-electron chi connectivity index (χ4n) is 5.68. The molecule has 3 heterocycles. The van der Waals surface area contributed by atoms with Crippen molar-refractivity contribution in [1.29, 1.82) is 5.26 Å². The molecule has 1 N–H and O–H groups in total. The van der Waals surface area contributed by atoms with E-state index >= 15 is 0 Å². The average Bonchev–Trinajstić information content (AvgIpc) is 3.30. The first kappa shape index (κ1) is 23.0. The summed E-state index contributed by atoms with van der Waals surface area (Å²) in [5.41, 5.74) is 4.49. The Morgan fingerprint density at radius 1 is 1.31 bits per heavy atom. The molecule has 9 nitrogen and oxygen atoms in total. The molecule has 2 aromatic rings. The Morgan fingerprint density at radius 3 is 2.94 bits per heavy atom. The quantitative estimate of drug-likeness (QED) is 0.658. The molecule has 1 fully saturated rings. The van der Waals surface area contributed by atoms with E-state index in [0.717, 1.165) is 55.0 Å². The first-order valence-electron chi connectivity index (χ1n) is 12.1. The van der Waals surface area contributed by atoms with Crippen LogP contribution in [0.25, 0.3) is 0 Å². The zero-order valence-electron chi connectivity index (χ0n) is 20.0. The van der Waals surface area contributed by atoms with Gasteiger partial charge in [-0.2, -0.15) is 15.2 Å². The molecule has 1 aromatic carbocycles. The van der Waals surface area contributed by atoms with Gasteiger partial charge >= 0.3 is 6.01 Å². The SMILES string of the molecule is C=CC(=O)N1CCN(c2nc(OC)nc3c2CC[C@@H](N2CCc4ccc(O)cc42)C3)C[C@@H]1CC#N. The minimum absolute atomic E-state index is 0.146. The molecule has 0 bridgehead atoms. The Bertz CT molecular complexity index is 1190. The van der Waals surface area contributed by atoms with Crippen molar-refractivity contribution in [2.75, 3.05) is 43.1 Å². The molecule has 2 atom stereocenters. The van der Waals surface area contributed by atoms with Crippen molar-refractivity contribution < 1.29 is 14.6 Å². The molecule has 5 rings (SSSR count). The second kappa shape index (κ2) is 9.45. The number of fused-ring (bicyclic) bond motifs is 2. The molecule has 2 aliphatic heterocycles. The lowest BCUT2D eigenvalue weighted by Gasteiger charge is -2.42. The summed E-state index contributed by atoms with van der Waals surface area (Å²) >= 11 is 0. The van der Waals surface area contributed by atoms with Crippen molar-refractivity contribution in [2.45, 2.75) is 44.2 Å². The van der Waals surface area contributed by atoms with Gasteiger partial charge in [0.05, 0.1) is 31.3 Å². The molecule has 3 aliphatic rings. The van der Waals surface area contributed by atoms with Gasteiger partial charge in [0, 0.05) is 56.0 Å². The van der Waals surface area contributed by atoms with E-state index < -0.39 is 0 Å². The third kappa shape index (κ3) is 4.25. The highest BCUT2D eigenvalue weighted by Gasteiger charge is 2.35. The molecule has 1 aromatic heterocycles. The number of hydrogen-bond donors (Lipinski definition) is 1. The van der Waals surface area contributed by atoms with Crippen molar-refractivity contribution >= 4 is 17.4 Å². The molecule has 0 radical (unpaired) electrons. The maximum absolute atomic E-state index is 12.3. The summed E-state index contributed by atoms with van der Waals surface area (Å²) in [7, 11) is 1.57. The van der Waals surface area contributed by atoms with Crippen LogP contribution in [0.5, 0.6) is 11.8 Å². The van der Waals surface area contributed by atoms with Crippen LogP contribution in [0.2, 0.25) is 0 Å². The molecule has 0 unspecified atom stereocenters. The Hall–Kier alpha value is -3.80. The van der Waals surface area contributed by atoms with Crippen molar-refractivity contribution in [3.8, 4) is 17.8 Å². The number of phenolic OH excluding ortho intramolecular Hbond substituents is 1. The van der Waals surface area contributed by atoms with Gasteiger partial charge in [-0.25, -0.2) is 0 Å². The maximum Gasteiger partial charge on any atom is 0.318 e. The van der Waals surface area contributed by atoms with E-state index in [1.807, 2.05) is 12.1 Å². The number of carbonyl (C=O) groups excluding carboxylic acids is 1. The largest absolute Gasteiger partial charge is 0.508 e. The summed E-state index contributed by atoms with van der Waals surface area (Å²) in [6, 6.07) is 8.24. The molecular weight excluding hydrogens is 444 g/mol. The number of nitrogens with zero attached hydrogens (tertiary/aromatic N) is 6. The third-order valence-electron chi connectivity index (χ3n) is 7.40. The molecular formula is C26H30N6O3. The van der Waals surface area contributed by atoms with Gasteiger partial charge in [0.1, 0.15) is 11.6 Å². The van der Waals surface area contributed by atoms with Gasteiger partial charge in [-0.05, 0) is 37.0 Å². The number of benzene rings is 1. The van der Waals surface area contributed by atoms with Gasteiger partial charge in [0.2, 0.25) is 5.91 Å². The highest BCUT2D eigenvalue weighted by Crippen LogP contribution is 2.38. The molecule has 0 spiro atoms. The number of phenols is 1. The maximum atomic E-state index is 12.3. The second-order valence-electron chi connectivity index (χ2n) is 9.31. The van der Waals surface area contributed by atoms with E-state index in [-0.39, 0.29) is 24.4 Å². The lowest BCUT2D eigenvalue weighted by Crippen LogP contribution is -2.55. The van der Waals surface area contributed by atoms with Crippen LogP contribution in [0, 0.1) is 11.3 Å². The first-order valence-corrected chi connectivity index (χ1v) is 12.1. The number of hydrogen-bond acceptors (Lipinski definition) is 8. The number of methoxy groups -OCH3 is 1. The minimum Gasteiger partial charge on any atom is -0.508 e. The summed E-state index contributed by atoms with van der Waals surface area (Å²) in [6.45, 7) is 6.20. The molecule has 1 amide bonds. The van der Waals surface area contributed by atoms with Crippen LogP contribution in [0.15, 0.2) is 30.9 Å². The highest BCUT2D eigenvalue weighted by molar-refractivity contribution is 5.87. The predicted molar refractivity (Wildman–Crippen MR) is 132 cm³/mol. The minimum atomic E-state index is -0.221. The zero-order chi connectivity index (χ0) is 24.5. The van der Waals surface area contributed by atoms with Crippen LogP contribution in [-0.4, -0.2) is 71.3 Å². The van der Waals surface area contributed by atoms with Crippen molar-refractivity contribution in [2.24, 2.45) is 0 Å². The topological polar surface area (TPSA) is 106 Å². The van der Waals surface area contributed by atoms with Crippen molar-refractivity contribution in [3.05, 3.63) is 47.7 Å². The fourth-order valence-corrected chi connectivity index (χ4v) is 5.68. The highest BCUT2D eigenvalue weighted by atomic mass is 16.5. The number of nitriles is 1. The molecule has 0 saturated carbocycles. The van der Waals surface area contributed by atoms with Crippen LogP contribution in [-0.2, 0) is 24.1 Å². The number of anilines is 2. The number of aromatic hydroxyl groups is 1. The van der Waals surface area contributed by atoms with E-state index in [1.165, 1.54) is 11.6 Å². The van der Waals surface area contributed by atoms with Crippen LogP contribution in [0.1, 0.15) is 29.7 Å². The van der Waals surface area contributed by atoms with Gasteiger partial charge in [0.25, 0.3) is 0 Å². The number of amides is 1. The number of carbonyl (C=O) groups is 1. The van der Waals surface area contributed by atoms with E-state index in [4.69, 9.17) is 14.7 Å². The summed E-state index contributed by atoms with van der Waals surface area (Å²) in [4.78, 5) is 28.1. The van der Waals surface area contributed by atoms with Crippen molar-refractivity contribution in [3.63, 3.8) is 0 Å². The van der Waals surface area contributed by atoms with Gasteiger partial charge in [0.15, 0.2) is 0 Å². The van der Waals surface area contributed by atoms with Gasteiger partial charge in [-0.15, -0.1) is 0 Å². The van der Waals surface area contributed by atoms with E-state index in [9.17, 15) is 15.2 Å². The van der Waals surface area contributed by atoms with E-state index in [2.05, 4.69) is 22.4 Å². The van der Waals surface area contributed by atoms with E-state index in [1.54, 1.807) is 18.1 Å². The Morgan fingerprint density at radius 2 is 2.17 bits per heavy atom. The average molecular weight is 475 g/mol. The van der Waals surface area contributed by atoms with Crippen LogP contribution in [0.3, 0.4) is 0 Å². The fraction of sp³-hybridized carbons (Fsp3) is 0.462. The number of ether oxygens (including phenoxy) is 1. The second-order valence-corrected chi connectivity index (χ2v) is 9.31. The third-order valence-corrected chi connectivity index (χ3v) is 7.40. The van der Waals surface area contributed by atoms with E-state index in [0.29, 0.717) is 31.4 Å². The lowest BCUT2D eigenvalue weighted by atomic mass is 9.90. The number of piperazine rings is 1. The molecule has 182 valence electrons. The summed E-state index contributed by atoms with van der Waals surface area (Å²) in [5.74, 6) is 0.990. The normalized spacial score (nSPS) is 21.2. The van der Waals surface area contributed by atoms with Gasteiger partial charge in [-0.3, -0.25) is 4.79 Å². The zero-order valence-corrected chi connectivity index (χ0v) is 20.0. The van der Waals surface area contributed by atoms with Crippen LogP contribution >= 0.6 is 0 Å². The molecule has 1 aliphatic carbocycles.